The van der Waals surface area contributed by atoms with Crippen LogP contribution < -0.4 is 0 Å². The molecule has 0 saturated heterocycles. The Hall–Kier alpha value is -1.19. The van der Waals surface area contributed by atoms with E-state index in [1.807, 2.05) is 0 Å². The zero-order valence-electron chi connectivity index (χ0n) is 9.13. The van der Waals surface area contributed by atoms with Crippen LogP contribution in [0.15, 0.2) is 18.3 Å². The minimum Gasteiger partial charge on any atom is -0.481 e. The van der Waals surface area contributed by atoms with Crippen LogP contribution in [0.2, 0.25) is 10.0 Å². The molecule has 0 fully saturated rings. The second-order valence-electron chi connectivity index (χ2n) is 4.04. The number of hydrogen-bond donors (Lipinski definition) is 2. The molecule has 0 amide bonds. The van der Waals surface area contributed by atoms with Crippen molar-refractivity contribution in [3.05, 3.63) is 33.9 Å². The number of H-pyrrole nitrogens is 1. The quantitative estimate of drug-likeness (QED) is 0.894. The Morgan fingerprint density at radius 3 is 2.71 bits per heavy atom. The minimum atomic E-state index is -0.822. The van der Waals surface area contributed by atoms with E-state index in [1.165, 1.54) is 0 Å². The molecule has 3 nitrogen and oxygen atoms in total. The lowest BCUT2D eigenvalue weighted by molar-refractivity contribution is -0.141. The number of halogens is 2. The van der Waals surface area contributed by atoms with Gasteiger partial charge in [-0.25, -0.2) is 0 Å². The average Bonchev–Trinajstić information content (AvgIpc) is 2.68. The van der Waals surface area contributed by atoms with Crippen molar-refractivity contribution in [2.24, 2.45) is 5.92 Å². The van der Waals surface area contributed by atoms with Crippen LogP contribution in [0, 0.1) is 5.92 Å². The van der Waals surface area contributed by atoms with Gasteiger partial charge in [0.25, 0.3) is 0 Å². The SMILES string of the molecule is CC(Cc1c[nH]c2c(Cl)ccc(Cl)c12)C(=O)O. The van der Waals surface area contributed by atoms with E-state index in [0.717, 1.165) is 16.5 Å². The van der Waals surface area contributed by atoms with E-state index in [1.54, 1.807) is 25.3 Å². The van der Waals surface area contributed by atoms with E-state index < -0.39 is 11.9 Å². The molecular formula is C12H11Cl2NO2. The van der Waals surface area contributed by atoms with Crippen LogP contribution in [0.3, 0.4) is 0 Å². The van der Waals surface area contributed by atoms with Crippen molar-refractivity contribution in [3.8, 4) is 0 Å². The van der Waals surface area contributed by atoms with Crippen molar-refractivity contribution in [2.45, 2.75) is 13.3 Å². The van der Waals surface area contributed by atoms with Gasteiger partial charge in [-0.2, -0.15) is 0 Å². The number of carboxylic acids is 1. The van der Waals surface area contributed by atoms with Crippen molar-refractivity contribution in [1.29, 1.82) is 0 Å². The molecule has 17 heavy (non-hydrogen) atoms. The first-order valence-corrected chi connectivity index (χ1v) is 5.93. The molecule has 0 bridgehead atoms. The first-order chi connectivity index (χ1) is 8.00. The van der Waals surface area contributed by atoms with Gasteiger partial charge in [-0.05, 0) is 24.1 Å². The maximum Gasteiger partial charge on any atom is 0.306 e. The third kappa shape index (κ3) is 2.26. The van der Waals surface area contributed by atoms with Gasteiger partial charge >= 0.3 is 5.97 Å². The normalized spacial score (nSPS) is 12.9. The summed E-state index contributed by atoms with van der Waals surface area (Å²) in [4.78, 5) is 13.9. The maximum absolute atomic E-state index is 10.8. The average molecular weight is 272 g/mol. The zero-order chi connectivity index (χ0) is 12.6. The Bertz CT molecular complexity index is 577. The predicted molar refractivity (Wildman–Crippen MR) is 68.8 cm³/mol. The molecule has 0 aliphatic rings. The molecular weight excluding hydrogens is 261 g/mol. The standard InChI is InChI=1S/C12H11Cl2NO2/c1-6(12(16)17)4-7-5-15-11-9(14)3-2-8(13)10(7)11/h2-3,5-6,15H,4H2,1H3,(H,16,17). The fraction of sp³-hybridized carbons (Fsp3) is 0.250. The smallest absolute Gasteiger partial charge is 0.306 e. The summed E-state index contributed by atoms with van der Waals surface area (Å²) in [5.41, 5.74) is 1.63. The summed E-state index contributed by atoms with van der Waals surface area (Å²) in [5, 5.41) is 10.9. The number of carbonyl (C=O) groups is 1. The van der Waals surface area contributed by atoms with Crippen LogP contribution >= 0.6 is 23.2 Å². The van der Waals surface area contributed by atoms with Gasteiger partial charge in [0.05, 0.1) is 21.5 Å². The van der Waals surface area contributed by atoms with Crippen LogP contribution in [-0.2, 0) is 11.2 Å². The molecule has 2 rings (SSSR count). The number of fused-ring (bicyclic) bond motifs is 1. The Balaban J connectivity index is 2.49. The number of rotatable bonds is 3. The highest BCUT2D eigenvalue weighted by molar-refractivity contribution is 6.40. The molecule has 0 aliphatic carbocycles. The molecule has 5 heteroatoms. The van der Waals surface area contributed by atoms with Crippen molar-refractivity contribution in [1.82, 2.24) is 4.98 Å². The number of aromatic amines is 1. The van der Waals surface area contributed by atoms with Gasteiger partial charge < -0.3 is 10.1 Å². The maximum atomic E-state index is 10.8. The summed E-state index contributed by atoms with van der Waals surface area (Å²) in [5.74, 6) is -1.28. The summed E-state index contributed by atoms with van der Waals surface area (Å²) in [7, 11) is 0. The Morgan fingerprint density at radius 1 is 1.41 bits per heavy atom. The number of aliphatic carboxylic acids is 1. The van der Waals surface area contributed by atoms with Gasteiger partial charge in [-0.1, -0.05) is 30.1 Å². The van der Waals surface area contributed by atoms with Gasteiger partial charge in [0, 0.05) is 11.6 Å². The monoisotopic (exact) mass is 271 g/mol. The molecule has 0 radical (unpaired) electrons. The number of nitrogens with one attached hydrogen (secondary N) is 1. The molecule has 1 atom stereocenters. The molecule has 0 aliphatic heterocycles. The highest BCUT2D eigenvalue weighted by atomic mass is 35.5. The molecule has 2 aromatic rings. The molecule has 1 heterocycles. The largest absolute Gasteiger partial charge is 0.481 e. The van der Waals surface area contributed by atoms with E-state index in [-0.39, 0.29) is 0 Å². The van der Waals surface area contributed by atoms with Gasteiger partial charge in [0.2, 0.25) is 0 Å². The highest BCUT2D eigenvalue weighted by Crippen LogP contribution is 2.32. The van der Waals surface area contributed by atoms with Crippen molar-refractivity contribution < 1.29 is 9.90 Å². The predicted octanol–water partition coefficient (Wildman–Crippen LogP) is 3.74. The Labute approximate surface area is 108 Å². The van der Waals surface area contributed by atoms with Crippen molar-refractivity contribution >= 4 is 40.1 Å². The number of hydrogen-bond acceptors (Lipinski definition) is 1. The van der Waals surface area contributed by atoms with Gasteiger partial charge in [-0.3, -0.25) is 4.79 Å². The van der Waals surface area contributed by atoms with Gasteiger partial charge in [0.15, 0.2) is 0 Å². The topological polar surface area (TPSA) is 53.1 Å². The first kappa shape index (κ1) is 12.3. The third-order valence-electron chi connectivity index (χ3n) is 2.76. The van der Waals surface area contributed by atoms with Gasteiger partial charge in [0.1, 0.15) is 0 Å². The summed E-state index contributed by atoms with van der Waals surface area (Å²) in [6.07, 6.45) is 2.19. The molecule has 0 spiro atoms. The second-order valence-corrected chi connectivity index (χ2v) is 4.85. The van der Waals surface area contributed by atoms with Crippen molar-refractivity contribution in [2.75, 3.05) is 0 Å². The van der Waals surface area contributed by atoms with Crippen LogP contribution in [0.1, 0.15) is 12.5 Å². The number of carboxylic acid groups (broad SMARTS) is 1. The molecule has 90 valence electrons. The van der Waals surface area contributed by atoms with E-state index in [9.17, 15) is 4.79 Å². The number of benzene rings is 1. The second kappa shape index (κ2) is 4.59. The Morgan fingerprint density at radius 2 is 2.06 bits per heavy atom. The van der Waals surface area contributed by atoms with Crippen LogP contribution in [0.5, 0.6) is 0 Å². The highest BCUT2D eigenvalue weighted by Gasteiger charge is 2.16. The van der Waals surface area contributed by atoms with Crippen LogP contribution in [0.25, 0.3) is 10.9 Å². The lowest BCUT2D eigenvalue weighted by Gasteiger charge is -2.05. The van der Waals surface area contributed by atoms with Crippen LogP contribution in [-0.4, -0.2) is 16.1 Å². The van der Waals surface area contributed by atoms with E-state index in [2.05, 4.69) is 4.98 Å². The lowest BCUT2D eigenvalue weighted by Crippen LogP contribution is -2.11. The minimum absolute atomic E-state index is 0.426. The fourth-order valence-electron chi connectivity index (χ4n) is 1.82. The summed E-state index contributed by atoms with van der Waals surface area (Å²) in [6.45, 7) is 1.67. The Kier molecular flexibility index (Phi) is 3.31. The number of aromatic nitrogens is 1. The summed E-state index contributed by atoms with van der Waals surface area (Å²) < 4.78 is 0. The van der Waals surface area contributed by atoms with Crippen LogP contribution in [0.4, 0.5) is 0 Å². The van der Waals surface area contributed by atoms with Gasteiger partial charge in [-0.15, -0.1) is 0 Å². The lowest BCUT2D eigenvalue weighted by atomic mass is 10.0. The first-order valence-electron chi connectivity index (χ1n) is 5.17. The van der Waals surface area contributed by atoms with E-state index in [4.69, 9.17) is 28.3 Å². The molecule has 1 aromatic carbocycles. The molecule has 0 saturated carbocycles. The van der Waals surface area contributed by atoms with E-state index >= 15 is 0 Å². The summed E-state index contributed by atoms with van der Waals surface area (Å²) in [6, 6.07) is 3.43. The fourth-order valence-corrected chi connectivity index (χ4v) is 2.31. The molecule has 1 aromatic heterocycles. The zero-order valence-corrected chi connectivity index (χ0v) is 10.6. The van der Waals surface area contributed by atoms with Crippen molar-refractivity contribution in [3.63, 3.8) is 0 Å². The van der Waals surface area contributed by atoms with E-state index in [0.29, 0.717) is 16.5 Å². The summed E-state index contributed by atoms with van der Waals surface area (Å²) >= 11 is 12.1. The third-order valence-corrected chi connectivity index (χ3v) is 3.39. The molecule has 1 unspecified atom stereocenters. The molecule has 2 N–H and O–H groups in total.